The van der Waals surface area contributed by atoms with E-state index in [1.54, 1.807) is 0 Å². The summed E-state index contributed by atoms with van der Waals surface area (Å²) in [4.78, 5) is 2.12. The Morgan fingerprint density at radius 1 is 1.08 bits per heavy atom. The third kappa shape index (κ3) is 4.95. The molecule has 0 heterocycles. The van der Waals surface area contributed by atoms with E-state index in [0.29, 0.717) is 0 Å². The molecule has 1 saturated carbocycles. The van der Waals surface area contributed by atoms with Crippen LogP contribution in [0, 0.1) is 17.8 Å². The van der Waals surface area contributed by atoms with Crippen LogP contribution in [0.2, 0.25) is 0 Å². The second-order valence-electron chi connectivity index (χ2n) is 4.30. The zero-order chi connectivity index (χ0) is 9.52. The number of hydrogen-bond donors (Lipinski definition) is 0. The van der Waals surface area contributed by atoms with Gasteiger partial charge in [0.25, 0.3) is 0 Å². The first-order valence-corrected chi connectivity index (χ1v) is 5.39. The number of nitrogens with zero attached hydrogens (tertiary/aromatic N) is 1. The molecule has 1 rings (SSSR count). The van der Waals surface area contributed by atoms with Gasteiger partial charge in [0.15, 0.2) is 0 Å². The summed E-state index contributed by atoms with van der Waals surface area (Å²) in [6, 6.07) is 0. The van der Waals surface area contributed by atoms with E-state index in [0.717, 1.165) is 18.9 Å². The normalized spacial score (nSPS) is 18.4. The summed E-state index contributed by atoms with van der Waals surface area (Å²) in [6.45, 7) is 0.909. The summed E-state index contributed by atoms with van der Waals surface area (Å²) in [6.07, 6.45) is 8.27. The summed E-state index contributed by atoms with van der Waals surface area (Å²) in [5.74, 6) is 7.41. The molecule has 0 spiro atoms. The summed E-state index contributed by atoms with van der Waals surface area (Å²) in [7, 11) is 4.13. The summed E-state index contributed by atoms with van der Waals surface area (Å²) in [5.41, 5.74) is 0. The molecule has 0 amide bonds. The minimum absolute atomic E-state index is 0.906. The van der Waals surface area contributed by atoms with Crippen LogP contribution < -0.4 is 0 Å². The van der Waals surface area contributed by atoms with Crippen LogP contribution in [0.15, 0.2) is 0 Å². The highest BCUT2D eigenvalue weighted by molar-refractivity contribution is 5.01. The molecule has 0 aromatic heterocycles. The van der Waals surface area contributed by atoms with Gasteiger partial charge in [-0.25, -0.2) is 0 Å². The Morgan fingerprint density at radius 2 is 1.77 bits per heavy atom. The van der Waals surface area contributed by atoms with Crippen LogP contribution in [-0.2, 0) is 0 Å². The quantitative estimate of drug-likeness (QED) is 0.589. The van der Waals surface area contributed by atoms with Crippen LogP contribution >= 0.6 is 0 Å². The van der Waals surface area contributed by atoms with Gasteiger partial charge in [-0.1, -0.05) is 25.2 Å². The zero-order valence-corrected chi connectivity index (χ0v) is 8.97. The van der Waals surface area contributed by atoms with E-state index in [1.165, 1.54) is 32.1 Å². The highest BCUT2D eigenvalue weighted by Crippen LogP contribution is 2.25. The Hall–Kier alpha value is -0.480. The van der Waals surface area contributed by atoms with Crippen LogP contribution in [0.1, 0.15) is 38.5 Å². The maximum absolute atomic E-state index is 3.29. The molecule has 1 aliphatic rings. The molecule has 1 fully saturated rings. The van der Waals surface area contributed by atoms with Gasteiger partial charge in [-0.3, -0.25) is 4.90 Å². The van der Waals surface area contributed by atoms with Crippen LogP contribution in [0.25, 0.3) is 0 Å². The van der Waals surface area contributed by atoms with Crippen LogP contribution in [0.4, 0.5) is 0 Å². The summed E-state index contributed by atoms with van der Waals surface area (Å²) < 4.78 is 0. The largest absolute Gasteiger partial charge is 0.299 e. The van der Waals surface area contributed by atoms with E-state index in [2.05, 4.69) is 30.8 Å². The monoisotopic (exact) mass is 179 g/mol. The van der Waals surface area contributed by atoms with Crippen LogP contribution in [0.3, 0.4) is 0 Å². The third-order valence-electron chi connectivity index (χ3n) is 2.64. The Labute approximate surface area is 82.5 Å². The minimum atomic E-state index is 0.906. The predicted octanol–water partition coefficient (Wildman–Crippen LogP) is 2.52. The van der Waals surface area contributed by atoms with Crippen molar-refractivity contribution in [2.45, 2.75) is 38.5 Å². The molecular formula is C12H21N. The molecule has 0 radical (unpaired) electrons. The van der Waals surface area contributed by atoms with E-state index >= 15 is 0 Å². The molecule has 74 valence electrons. The molecule has 0 N–H and O–H groups in total. The summed E-state index contributed by atoms with van der Waals surface area (Å²) in [5, 5.41) is 0. The molecule has 1 aliphatic carbocycles. The van der Waals surface area contributed by atoms with E-state index < -0.39 is 0 Å². The highest BCUT2D eigenvalue weighted by Gasteiger charge is 2.11. The molecule has 0 aromatic carbocycles. The molecule has 0 aliphatic heterocycles. The second kappa shape index (κ2) is 6.05. The lowest BCUT2D eigenvalue weighted by molar-refractivity contribution is 0.365. The lowest BCUT2D eigenvalue weighted by Gasteiger charge is -2.18. The molecule has 13 heavy (non-hydrogen) atoms. The molecule has 0 bridgehead atoms. The maximum atomic E-state index is 3.29. The van der Waals surface area contributed by atoms with Crippen molar-refractivity contribution in [1.82, 2.24) is 4.90 Å². The molecule has 0 unspecified atom stereocenters. The average molecular weight is 179 g/mol. The Morgan fingerprint density at radius 3 is 2.38 bits per heavy atom. The highest BCUT2D eigenvalue weighted by atomic mass is 15.0. The van der Waals surface area contributed by atoms with Gasteiger partial charge in [0.2, 0.25) is 0 Å². The van der Waals surface area contributed by atoms with Gasteiger partial charge < -0.3 is 0 Å². The van der Waals surface area contributed by atoms with E-state index in [4.69, 9.17) is 0 Å². The maximum Gasteiger partial charge on any atom is 0.0596 e. The third-order valence-corrected chi connectivity index (χ3v) is 2.64. The van der Waals surface area contributed by atoms with Crippen molar-refractivity contribution >= 4 is 0 Å². The van der Waals surface area contributed by atoms with Crippen molar-refractivity contribution in [3.63, 3.8) is 0 Å². The molecule has 0 saturated heterocycles. The SMILES string of the molecule is CN(C)CC#CCC1CCCCC1. The fraction of sp³-hybridized carbons (Fsp3) is 0.833. The summed E-state index contributed by atoms with van der Waals surface area (Å²) >= 11 is 0. The van der Waals surface area contributed by atoms with Gasteiger partial charge in [0.05, 0.1) is 6.54 Å². The van der Waals surface area contributed by atoms with E-state index in [1.807, 2.05) is 0 Å². The van der Waals surface area contributed by atoms with Gasteiger partial charge in [-0.2, -0.15) is 0 Å². The number of hydrogen-bond acceptors (Lipinski definition) is 1. The first-order valence-electron chi connectivity index (χ1n) is 5.39. The standard InChI is InChI=1S/C12H21N/c1-13(2)11-7-6-10-12-8-4-3-5-9-12/h12H,3-5,8-11H2,1-2H3. The Bertz CT molecular complexity index is 179. The Balaban J connectivity index is 2.11. The molecule has 0 atom stereocenters. The van der Waals surface area contributed by atoms with Crippen molar-refractivity contribution in [2.75, 3.05) is 20.6 Å². The van der Waals surface area contributed by atoms with Crippen molar-refractivity contribution in [3.05, 3.63) is 0 Å². The van der Waals surface area contributed by atoms with Crippen LogP contribution in [0.5, 0.6) is 0 Å². The lowest BCUT2D eigenvalue weighted by Crippen LogP contribution is -2.11. The van der Waals surface area contributed by atoms with Gasteiger partial charge in [0, 0.05) is 6.42 Å². The molecule has 1 heteroatoms. The van der Waals surface area contributed by atoms with Gasteiger partial charge in [0.1, 0.15) is 0 Å². The van der Waals surface area contributed by atoms with Crippen molar-refractivity contribution in [2.24, 2.45) is 5.92 Å². The van der Waals surface area contributed by atoms with Crippen molar-refractivity contribution in [3.8, 4) is 11.8 Å². The van der Waals surface area contributed by atoms with E-state index in [9.17, 15) is 0 Å². The van der Waals surface area contributed by atoms with Gasteiger partial charge >= 0.3 is 0 Å². The van der Waals surface area contributed by atoms with Crippen molar-refractivity contribution < 1.29 is 0 Å². The van der Waals surface area contributed by atoms with Gasteiger partial charge in [-0.15, -0.1) is 5.92 Å². The first-order chi connectivity index (χ1) is 6.29. The first kappa shape index (κ1) is 10.6. The van der Waals surface area contributed by atoms with Crippen molar-refractivity contribution in [1.29, 1.82) is 0 Å². The Kier molecular flexibility index (Phi) is 4.93. The number of rotatable bonds is 2. The topological polar surface area (TPSA) is 3.24 Å². The van der Waals surface area contributed by atoms with Crippen LogP contribution in [-0.4, -0.2) is 25.5 Å². The lowest BCUT2D eigenvalue weighted by atomic mass is 9.87. The van der Waals surface area contributed by atoms with Gasteiger partial charge in [-0.05, 0) is 32.9 Å². The fourth-order valence-corrected chi connectivity index (χ4v) is 1.82. The molecule has 1 nitrogen and oxygen atoms in total. The zero-order valence-electron chi connectivity index (χ0n) is 8.97. The van der Waals surface area contributed by atoms with E-state index in [-0.39, 0.29) is 0 Å². The fourth-order valence-electron chi connectivity index (χ4n) is 1.82. The smallest absolute Gasteiger partial charge is 0.0596 e. The second-order valence-corrected chi connectivity index (χ2v) is 4.30. The minimum Gasteiger partial charge on any atom is -0.299 e. The average Bonchev–Trinajstić information content (AvgIpc) is 2.14. The predicted molar refractivity (Wildman–Crippen MR) is 57.5 cm³/mol. The molecular weight excluding hydrogens is 158 g/mol. The molecule has 0 aromatic rings.